The Morgan fingerprint density at radius 1 is 0.912 bits per heavy atom. The van der Waals surface area contributed by atoms with Crippen LogP contribution >= 0.6 is 0 Å². The van der Waals surface area contributed by atoms with E-state index in [9.17, 15) is 4.79 Å². The van der Waals surface area contributed by atoms with Gasteiger partial charge in [0.2, 0.25) is 5.75 Å². The van der Waals surface area contributed by atoms with Gasteiger partial charge in [-0.05, 0) is 35.0 Å². The van der Waals surface area contributed by atoms with Gasteiger partial charge in [0.05, 0.1) is 45.9 Å². The highest BCUT2D eigenvalue weighted by Gasteiger charge is 2.17. The Labute approximate surface area is 196 Å². The van der Waals surface area contributed by atoms with E-state index in [2.05, 4.69) is 20.7 Å². The smallest absolute Gasteiger partial charge is 0.289 e. The summed E-state index contributed by atoms with van der Waals surface area (Å²) in [6, 6.07) is 16.9. The monoisotopic (exact) mass is 460 g/mol. The maximum absolute atomic E-state index is 12.7. The zero-order valence-corrected chi connectivity index (χ0v) is 19.2. The average molecular weight is 460 g/mol. The highest BCUT2D eigenvalue weighted by Crippen LogP contribution is 2.39. The molecule has 0 aliphatic carbocycles. The van der Waals surface area contributed by atoms with Crippen LogP contribution in [0.3, 0.4) is 0 Å². The van der Waals surface area contributed by atoms with Gasteiger partial charge >= 0.3 is 0 Å². The first-order valence-corrected chi connectivity index (χ1v) is 10.3. The Bertz CT molecular complexity index is 1360. The van der Waals surface area contributed by atoms with Crippen LogP contribution < -0.4 is 24.4 Å². The summed E-state index contributed by atoms with van der Waals surface area (Å²) < 4.78 is 21.6. The summed E-state index contributed by atoms with van der Waals surface area (Å²) in [5.41, 5.74) is 4.74. The molecule has 174 valence electrons. The Balaban J connectivity index is 1.57. The largest absolute Gasteiger partial charge is 0.496 e. The number of fused-ring (bicyclic) bond motifs is 1. The molecule has 0 fully saturated rings. The summed E-state index contributed by atoms with van der Waals surface area (Å²) in [5, 5.41) is 13.2. The lowest BCUT2D eigenvalue weighted by Gasteiger charge is -2.13. The Kier molecular flexibility index (Phi) is 6.63. The van der Waals surface area contributed by atoms with Crippen LogP contribution in [0.15, 0.2) is 59.7 Å². The van der Waals surface area contributed by atoms with Gasteiger partial charge in [0.15, 0.2) is 11.5 Å². The molecule has 4 rings (SSSR count). The molecule has 34 heavy (non-hydrogen) atoms. The number of methoxy groups -OCH3 is 4. The topological polar surface area (TPSA) is 107 Å². The second kappa shape index (κ2) is 9.95. The minimum Gasteiger partial charge on any atom is -0.496 e. The molecular weight excluding hydrogens is 436 g/mol. The van der Waals surface area contributed by atoms with E-state index >= 15 is 0 Å². The van der Waals surface area contributed by atoms with Crippen molar-refractivity contribution >= 4 is 22.9 Å². The summed E-state index contributed by atoms with van der Waals surface area (Å²) in [6.45, 7) is 0. The van der Waals surface area contributed by atoms with E-state index in [1.807, 2.05) is 36.4 Å². The van der Waals surface area contributed by atoms with Crippen LogP contribution in [0.2, 0.25) is 0 Å². The fourth-order valence-electron chi connectivity index (χ4n) is 3.70. The van der Waals surface area contributed by atoms with Gasteiger partial charge < -0.3 is 18.9 Å². The van der Waals surface area contributed by atoms with Crippen molar-refractivity contribution in [3.05, 3.63) is 65.9 Å². The number of ether oxygens (including phenoxy) is 4. The van der Waals surface area contributed by atoms with Crippen molar-refractivity contribution in [2.45, 2.75) is 0 Å². The van der Waals surface area contributed by atoms with Crippen molar-refractivity contribution in [2.75, 3.05) is 28.4 Å². The number of H-pyrrole nitrogens is 1. The predicted molar refractivity (Wildman–Crippen MR) is 129 cm³/mol. The molecule has 1 aromatic heterocycles. The molecule has 0 radical (unpaired) electrons. The predicted octanol–water partition coefficient (Wildman–Crippen LogP) is 4.03. The Morgan fingerprint density at radius 3 is 2.38 bits per heavy atom. The summed E-state index contributed by atoms with van der Waals surface area (Å²) in [5.74, 6) is 1.60. The van der Waals surface area contributed by atoms with E-state index in [4.69, 9.17) is 18.9 Å². The summed E-state index contributed by atoms with van der Waals surface area (Å²) in [6.07, 6.45) is 1.46. The number of carbonyl (C=O) groups excluding carboxylic acids is 1. The molecule has 9 nitrogen and oxygen atoms in total. The number of benzene rings is 3. The number of nitrogens with zero attached hydrogens (tertiary/aromatic N) is 2. The highest BCUT2D eigenvalue weighted by atomic mass is 16.5. The minimum atomic E-state index is -0.450. The first-order valence-electron chi connectivity index (χ1n) is 10.3. The lowest BCUT2D eigenvalue weighted by molar-refractivity contribution is 0.0950. The van der Waals surface area contributed by atoms with E-state index in [0.717, 1.165) is 16.3 Å². The molecule has 4 aromatic rings. The second-order valence-electron chi connectivity index (χ2n) is 7.15. The quantitative estimate of drug-likeness (QED) is 0.304. The van der Waals surface area contributed by atoms with E-state index in [1.54, 1.807) is 25.3 Å². The van der Waals surface area contributed by atoms with Crippen LogP contribution in [0.4, 0.5) is 0 Å². The van der Waals surface area contributed by atoms with Crippen LogP contribution in [-0.2, 0) is 0 Å². The molecule has 0 atom stereocenters. The number of nitrogens with one attached hydrogen (secondary N) is 2. The number of amides is 1. The van der Waals surface area contributed by atoms with Crippen LogP contribution in [0.5, 0.6) is 23.0 Å². The van der Waals surface area contributed by atoms with Gasteiger partial charge in [-0.15, -0.1) is 0 Å². The molecule has 0 bridgehead atoms. The van der Waals surface area contributed by atoms with Gasteiger partial charge in [-0.2, -0.15) is 10.2 Å². The molecule has 2 N–H and O–H groups in total. The molecule has 1 heterocycles. The third-order valence-corrected chi connectivity index (χ3v) is 5.29. The zero-order valence-electron chi connectivity index (χ0n) is 19.2. The molecule has 0 aliphatic heterocycles. The van der Waals surface area contributed by atoms with Crippen LogP contribution in [0.1, 0.15) is 16.1 Å². The maximum atomic E-state index is 12.7. The van der Waals surface area contributed by atoms with Gasteiger partial charge in [-0.3, -0.25) is 9.89 Å². The lowest BCUT2D eigenvalue weighted by Crippen LogP contribution is -2.18. The number of hydrazone groups is 1. The minimum absolute atomic E-state index is 0.251. The number of rotatable bonds is 8. The van der Waals surface area contributed by atoms with Gasteiger partial charge in [0.1, 0.15) is 11.4 Å². The molecule has 0 aliphatic rings. The van der Waals surface area contributed by atoms with Gasteiger partial charge in [-0.1, -0.05) is 30.3 Å². The molecule has 0 saturated carbocycles. The summed E-state index contributed by atoms with van der Waals surface area (Å²) in [4.78, 5) is 12.7. The molecular formula is C25H24N4O5. The standard InChI is InChI=1S/C25H24N4O5/c1-31-20-11-9-15-7-5-6-8-17(15)22(20)18-13-19(28-27-18)25(30)29-26-14-16-10-12-21(32-2)24(34-4)23(16)33-3/h5-14H,1-4H3,(H,27,28)(H,29,30)/b26-14-. The van der Waals surface area contributed by atoms with E-state index in [0.29, 0.717) is 34.3 Å². The Hall–Kier alpha value is -4.53. The van der Waals surface area contributed by atoms with Crippen molar-refractivity contribution in [2.24, 2.45) is 5.10 Å². The summed E-state index contributed by atoms with van der Waals surface area (Å²) >= 11 is 0. The van der Waals surface area contributed by atoms with Gasteiger partial charge in [0, 0.05) is 5.56 Å². The molecule has 3 aromatic carbocycles. The number of aromatic nitrogens is 2. The fourth-order valence-corrected chi connectivity index (χ4v) is 3.70. The second-order valence-corrected chi connectivity index (χ2v) is 7.15. The van der Waals surface area contributed by atoms with Crippen molar-refractivity contribution in [1.82, 2.24) is 15.6 Å². The van der Waals surface area contributed by atoms with E-state index in [1.165, 1.54) is 27.5 Å². The number of hydrogen-bond donors (Lipinski definition) is 2. The summed E-state index contributed by atoms with van der Waals surface area (Å²) in [7, 11) is 6.17. The molecule has 1 amide bonds. The van der Waals surface area contributed by atoms with Crippen LogP contribution in [0.25, 0.3) is 22.0 Å². The van der Waals surface area contributed by atoms with Crippen LogP contribution in [-0.4, -0.2) is 50.8 Å². The maximum Gasteiger partial charge on any atom is 0.289 e. The van der Waals surface area contributed by atoms with E-state index in [-0.39, 0.29) is 5.69 Å². The van der Waals surface area contributed by atoms with Crippen molar-refractivity contribution in [3.63, 3.8) is 0 Å². The fraction of sp³-hybridized carbons (Fsp3) is 0.160. The number of aromatic amines is 1. The normalized spacial score (nSPS) is 10.9. The first kappa shape index (κ1) is 22.7. The molecule has 0 saturated heterocycles. The first-order chi connectivity index (χ1) is 16.6. The zero-order chi connectivity index (χ0) is 24.1. The number of carbonyl (C=O) groups is 1. The lowest BCUT2D eigenvalue weighted by atomic mass is 10.0. The van der Waals surface area contributed by atoms with Crippen molar-refractivity contribution < 1.29 is 23.7 Å². The highest BCUT2D eigenvalue weighted by molar-refractivity contribution is 6.01. The van der Waals surface area contributed by atoms with E-state index < -0.39 is 5.91 Å². The van der Waals surface area contributed by atoms with Crippen molar-refractivity contribution in [1.29, 1.82) is 0 Å². The third-order valence-electron chi connectivity index (χ3n) is 5.29. The van der Waals surface area contributed by atoms with Gasteiger partial charge in [-0.25, -0.2) is 5.43 Å². The van der Waals surface area contributed by atoms with Crippen molar-refractivity contribution in [3.8, 4) is 34.3 Å². The molecule has 0 unspecified atom stereocenters. The Morgan fingerprint density at radius 2 is 1.65 bits per heavy atom. The van der Waals surface area contributed by atoms with Crippen LogP contribution in [0, 0.1) is 0 Å². The third kappa shape index (κ3) is 4.23. The average Bonchev–Trinajstić information content (AvgIpc) is 3.37. The SMILES string of the molecule is COc1ccc(/C=N\NC(=O)c2cc(-c3c(OC)ccc4ccccc34)n[nH]2)c(OC)c1OC. The molecule has 0 spiro atoms. The van der Waals surface area contributed by atoms with Gasteiger partial charge in [0.25, 0.3) is 5.91 Å². The number of hydrogen-bond acceptors (Lipinski definition) is 7. The molecule has 9 heteroatoms.